The van der Waals surface area contributed by atoms with Crippen molar-refractivity contribution in [2.45, 2.75) is 18.5 Å². The number of carbonyl (C=O) groups is 1. The molecular formula is C22H19N3O4. The first kappa shape index (κ1) is 16.4. The fourth-order valence-corrected chi connectivity index (χ4v) is 4.73. The standard InChI is InChI=1S/C22H19N3O4/c1-24-10-19(26)25-16(22(24)27)9-14-13-4-2-3-5-15(13)23-20(14)21(25)12-6-7-17-18(8-12)29-11-28-17/h2-8,10,16,21,23,26H,9,11H2,1H3. The summed E-state index contributed by atoms with van der Waals surface area (Å²) in [5.74, 6) is 1.41. The van der Waals surface area contributed by atoms with Crippen molar-refractivity contribution in [2.75, 3.05) is 13.8 Å². The Labute approximate surface area is 166 Å². The van der Waals surface area contributed by atoms with Gasteiger partial charge in [-0.15, -0.1) is 0 Å². The topological polar surface area (TPSA) is 78.0 Å². The molecule has 6 rings (SSSR count). The van der Waals surface area contributed by atoms with Gasteiger partial charge in [-0.1, -0.05) is 24.3 Å². The molecule has 4 heterocycles. The van der Waals surface area contributed by atoms with Crippen LogP contribution in [0.15, 0.2) is 54.5 Å². The molecule has 7 nitrogen and oxygen atoms in total. The van der Waals surface area contributed by atoms with Gasteiger partial charge in [-0.25, -0.2) is 0 Å². The Bertz CT molecular complexity index is 1200. The van der Waals surface area contributed by atoms with Crippen molar-refractivity contribution >= 4 is 16.8 Å². The highest BCUT2D eigenvalue weighted by Crippen LogP contribution is 2.45. The Balaban J connectivity index is 1.61. The molecule has 2 N–H and O–H groups in total. The molecule has 3 aliphatic heterocycles. The van der Waals surface area contributed by atoms with Gasteiger partial charge >= 0.3 is 0 Å². The predicted molar refractivity (Wildman–Crippen MR) is 106 cm³/mol. The highest BCUT2D eigenvalue weighted by molar-refractivity contribution is 5.89. The number of ether oxygens (including phenoxy) is 2. The number of nitrogens with one attached hydrogen (secondary N) is 1. The molecule has 1 amide bonds. The number of carbonyl (C=O) groups excluding carboxylic acids is 1. The molecule has 0 aliphatic carbocycles. The maximum absolute atomic E-state index is 13.0. The van der Waals surface area contributed by atoms with Crippen LogP contribution < -0.4 is 9.47 Å². The normalized spacial score (nSPS) is 22.5. The van der Waals surface area contributed by atoms with E-state index in [1.165, 1.54) is 11.1 Å². The first-order valence-corrected chi connectivity index (χ1v) is 9.56. The Hall–Kier alpha value is -3.61. The fourth-order valence-electron chi connectivity index (χ4n) is 4.73. The lowest BCUT2D eigenvalue weighted by Gasteiger charge is -2.45. The summed E-state index contributed by atoms with van der Waals surface area (Å²) in [4.78, 5) is 19.8. The number of aromatic nitrogens is 1. The van der Waals surface area contributed by atoms with Crippen molar-refractivity contribution in [3.05, 3.63) is 71.4 Å². The summed E-state index contributed by atoms with van der Waals surface area (Å²) in [6.45, 7) is 0.196. The third kappa shape index (κ3) is 2.21. The van der Waals surface area contributed by atoms with E-state index in [1.54, 1.807) is 11.9 Å². The summed E-state index contributed by atoms with van der Waals surface area (Å²) in [6.07, 6.45) is 2.01. The largest absolute Gasteiger partial charge is 0.494 e. The molecule has 0 saturated heterocycles. The van der Waals surface area contributed by atoms with Gasteiger partial charge in [0.25, 0.3) is 0 Å². The molecule has 0 bridgehead atoms. The van der Waals surface area contributed by atoms with Crippen molar-refractivity contribution < 1.29 is 19.4 Å². The van der Waals surface area contributed by atoms with Gasteiger partial charge in [-0.2, -0.15) is 0 Å². The number of hydrogen-bond donors (Lipinski definition) is 2. The van der Waals surface area contributed by atoms with E-state index < -0.39 is 6.04 Å². The van der Waals surface area contributed by atoms with E-state index >= 15 is 0 Å². The van der Waals surface area contributed by atoms with Crippen LogP contribution in [-0.4, -0.2) is 45.7 Å². The van der Waals surface area contributed by atoms with Gasteiger partial charge in [-0.05, 0) is 29.3 Å². The van der Waals surface area contributed by atoms with Crippen molar-refractivity contribution in [3.63, 3.8) is 0 Å². The van der Waals surface area contributed by atoms with Crippen LogP contribution in [0.1, 0.15) is 22.9 Å². The van der Waals surface area contributed by atoms with E-state index in [4.69, 9.17) is 9.47 Å². The summed E-state index contributed by atoms with van der Waals surface area (Å²) in [5.41, 5.74) is 4.04. The average molecular weight is 389 g/mol. The van der Waals surface area contributed by atoms with Crippen molar-refractivity contribution in [2.24, 2.45) is 0 Å². The molecule has 2 aromatic carbocycles. The third-order valence-corrected chi connectivity index (χ3v) is 6.05. The van der Waals surface area contributed by atoms with Crippen LogP contribution in [-0.2, 0) is 11.2 Å². The van der Waals surface area contributed by atoms with Crippen molar-refractivity contribution in [1.82, 2.24) is 14.8 Å². The number of fused-ring (bicyclic) bond motifs is 5. The number of rotatable bonds is 1. The molecule has 1 aromatic heterocycles. The van der Waals surface area contributed by atoms with E-state index in [0.29, 0.717) is 17.9 Å². The van der Waals surface area contributed by atoms with E-state index in [1.807, 2.05) is 36.4 Å². The number of amides is 1. The minimum absolute atomic E-state index is 0.0375. The molecule has 2 atom stereocenters. The zero-order chi connectivity index (χ0) is 19.7. The Kier molecular flexibility index (Phi) is 3.21. The Morgan fingerprint density at radius 1 is 1.14 bits per heavy atom. The van der Waals surface area contributed by atoms with Crippen molar-refractivity contribution in [3.8, 4) is 11.5 Å². The molecule has 2 unspecified atom stereocenters. The average Bonchev–Trinajstić information content (AvgIpc) is 3.34. The van der Waals surface area contributed by atoms with Crippen molar-refractivity contribution in [1.29, 1.82) is 0 Å². The van der Waals surface area contributed by atoms with Gasteiger partial charge in [0, 0.05) is 30.1 Å². The van der Waals surface area contributed by atoms with Crippen LogP contribution in [0.25, 0.3) is 10.9 Å². The second-order valence-electron chi connectivity index (χ2n) is 7.64. The number of H-pyrrole nitrogens is 1. The third-order valence-electron chi connectivity index (χ3n) is 6.05. The Morgan fingerprint density at radius 2 is 1.97 bits per heavy atom. The molecule has 0 radical (unpaired) electrons. The molecule has 0 fully saturated rings. The maximum atomic E-state index is 13.0. The summed E-state index contributed by atoms with van der Waals surface area (Å²) >= 11 is 0. The molecule has 0 saturated carbocycles. The molecule has 29 heavy (non-hydrogen) atoms. The SMILES string of the molecule is CN1C=C(O)N2C(Cc3c([nH]c4ccccc34)C2c2ccc3c(c2)OCO3)C1=O. The molecular weight excluding hydrogens is 370 g/mol. The van der Waals surface area contributed by atoms with Gasteiger partial charge in [0.15, 0.2) is 11.5 Å². The summed E-state index contributed by atoms with van der Waals surface area (Å²) in [5, 5.41) is 12.0. The minimum atomic E-state index is -0.480. The number of aliphatic hydroxyl groups is 1. The number of hydrogen-bond acceptors (Lipinski definition) is 5. The molecule has 146 valence electrons. The Morgan fingerprint density at radius 3 is 2.86 bits per heavy atom. The van der Waals surface area contributed by atoms with Gasteiger partial charge in [-0.3, -0.25) is 4.79 Å². The lowest BCUT2D eigenvalue weighted by Crippen LogP contribution is -2.54. The fraction of sp³-hybridized carbons (Fsp3) is 0.227. The second-order valence-corrected chi connectivity index (χ2v) is 7.64. The van der Waals surface area contributed by atoms with Crippen LogP contribution in [0.5, 0.6) is 11.5 Å². The smallest absolute Gasteiger partial charge is 0.249 e. The van der Waals surface area contributed by atoms with E-state index in [9.17, 15) is 9.90 Å². The minimum Gasteiger partial charge on any atom is -0.494 e. The monoisotopic (exact) mass is 389 g/mol. The first-order chi connectivity index (χ1) is 14.1. The van der Waals surface area contributed by atoms with Crippen LogP contribution >= 0.6 is 0 Å². The van der Waals surface area contributed by atoms with Crippen LogP contribution in [0.3, 0.4) is 0 Å². The number of aliphatic hydroxyl groups excluding tert-OH is 1. The van der Waals surface area contributed by atoms with Gasteiger partial charge < -0.3 is 29.4 Å². The van der Waals surface area contributed by atoms with E-state index in [-0.39, 0.29) is 24.6 Å². The van der Waals surface area contributed by atoms with Crippen LogP contribution in [0.2, 0.25) is 0 Å². The van der Waals surface area contributed by atoms with E-state index in [2.05, 4.69) is 11.1 Å². The second kappa shape index (κ2) is 5.70. The predicted octanol–water partition coefficient (Wildman–Crippen LogP) is 3.04. The number of benzene rings is 2. The zero-order valence-electron chi connectivity index (χ0n) is 15.8. The molecule has 0 spiro atoms. The zero-order valence-corrected chi connectivity index (χ0v) is 15.8. The summed E-state index contributed by atoms with van der Waals surface area (Å²) in [6, 6.07) is 13.0. The van der Waals surface area contributed by atoms with Gasteiger partial charge in [0.2, 0.25) is 18.6 Å². The first-order valence-electron chi connectivity index (χ1n) is 9.56. The maximum Gasteiger partial charge on any atom is 0.249 e. The van der Waals surface area contributed by atoms with Gasteiger partial charge in [0.1, 0.15) is 6.04 Å². The number of para-hydroxylation sites is 1. The molecule has 3 aromatic rings. The number of likely N-dealkylation sites (N-methyl/N-ethyl adjacent to an activating group) is 1. The quantitative estimate of drug-likeness (QED) is 0.669. The molecule has 3 aliphatic rings. The number of aromatic amines is 1. The lowest BCUT2D eigenvalue weighted by atomic mass is 9.87. The highest BCUT2D eigenvalue weighted by atomic mass is 16.7. The van der Waals surface area contributed by atoms with Crippen LogP contribution in [0, 0.1) is 0 Å². The van der Waals surface area contributed by atoms with Gasteiger partial charge in [0.05, 0.1) is 12.2 Å². The summed E-state index contributed by atoms with van der Waals surface area (Å²) in [7, 11) is 1.68. The van der Waals surface area contributed by atoms with E-state index in [0.717, 1.165) is 27.7 Å². The highest BCUT2D eigenvalue weighted by Gasteiger charge is 2.45. The van der Waals surface area contributed by atoms with Crippen LogP contribution in [0.4, 0.5) is 0 Å². The summed E-state index contributed by atoms with van der Waals surface area (Å²) < 4.78 is 11.0. The number of nitrogens with zero attached hydrogens (tertiary/aromatic N) is 2. The molecule has 7 heteroatoms. The lowest BCUT2D eigenvalue weighted by molar-refractivity contribution is -0.137.